The van der Waals surface area contributed by atoms with Gasteiger partial charge in [0.05, 0.1) is 27.5 Å². The van der Waals surface area contributed by atoms with E-state index < -0.39 is 11.8 Å². The zero-order chi connectivity index (χ0) is 17.9. The number of rotatable bonds is 9. The lowest BCUT2D eigenvalue weighted by atomic mass is 10.2. The second kappa shape index (κ2) is 9.88. The van der Waals surface area contributed by atoms with Crippen molar-refractivity contribution in [1.29, 1.82) is 0 Å². The van der Waals surface area contributed by atoms with Crippen molar-refractivity contribution in [2.75, 3.05) is 27.9 Å². The number of carbonyl (C=O) groups excluding carboxylic acids is 2. The van der Waals surface area contributed by atoms with E-state index in [1.54, 1.807) is 12.1 Å². The van der Waals surface area contributed by atoms with Crippen LogP contribution in [-0.2, 0) is 9.59 Å². The molecule has 0 fully saturated rings. The fraction of sp³-hybridized carbons (Fsp3) is 0.312. The van der Waals surface area contributed by atoms with Crippen molar-refractivity contribution in [3.63, 3.8) is 0 Å². The predicted octanol–water partition coefficient (Wildman–Crippen LogP) is 0.855. The van der Waals surface area contributed by atoms with Crippen LogP contribution in [0.15, 0.2) is 29.9 Å². The number of amides is 2. The minimum atomic E-state index is -0.528. The van der Waals surface area contributed by atoms with Gasteiger partial charge in [0, 0.05) is 12.1 Å². The summed E-state index contributed by atoms with van der Waals surface area (Å²) in [6, 6.07) is 3.35. The first kappa shape index (κ1) is 19.0. The van der Waals surface area contributed by atoms with Gasteiger partial charge in [0.1, 0.15) is 6.42 Å². The predicted molar refractivity (Wildman–Crippen MR) is 89.7 cm³/mol. The minimum Gasteiger partial charge on any atom is -0.493 e. The van der Waals surface area contributed by atoms with E-state index in [1.807, 2.05) is 0 Å². The van der Waals surface area contributed by atoms with Crippen LogP contribution in [0.1, 0.15) is 12.0 Å². The van der Waals surface area contributed by atoms with E-state index in [2.05, 4.69) is 22.4 Å². The molecule has 0 saturated heterocycles. The Kier molecular flexibility index (Phi) is 7.83. The number of methoxy groups -OCH3 is 3. The summed E-state index contributed by atoms with van der Waals surface area (Å²) in [6.07, 6.45) is 2.61. The number of hydrazone groups is 1. The molecular weight excluding hydrogens is 314 g/mol. The zero-order valence-corrected chi connectivity index (χ0v) is 13.9. The SMILES string of the molecule is C=CCNC(=O)CC(=O)NN=Cc1cc(OC)c(OC)c(OC)c1. The molecule has 24 heavy (non-hydrogen) atoms. The zero-order valence-electron chi connectivity index (χ0n) is 13.9. The molecule has 0 saturated carbocycles. The van der Waals surface area contributed by atoms with E-state index in [0.717, 1.165) is 0 Å². The van der Waals surface area contributed by atoms with Gasteiger partial charge in [-0.15, -0.1) is 6.58 Å². The Morgan fingerprint density at radius 3 is 2.25 bits per heavy atom. The van der Waals surface area contributed by atoms with Gasteiger partial charge in [-0.2, -0.15) is 5.10 Å². The number of hydrogen-bond donors (Lipinski definition) is 2. The molecule has 2 amide bonds. The summed E-state index contributed by atoms with van der Waals surface area (Å²) in [5.74, 6) is 0.456. The summed E-state index contributed by atoms with van der Waals surface area (Å²) in [4.78, 5) is 22.9. The largest absolute Gasteiger partial charge is 0.493 e. The third kappa shape index (κ3) is 5.64. The summed E-state index contributed by atoms with van der Waals surface area (Å²) in [7, 11) is 4.51. The van der Waals surface area contributed by atoms with Gasteiger partial charge in [-0.1, -0.05) is 6.08 Å². The molecule has 0 bridgehead atoms. The highest BCUT2D eigenvalue weighted by Crippen LogP contribution is 2.37. The molecule has 0 aliphatic carbocycles. The van der Waals surface area contributed by atoms with Crippen LogP contribution in [-0.4, -0.2) is 45.9 Å². The normalized spacial score (nSPS) is 10.1. The van der Waals surface area contributed by atoms with Gasteiger partial charge < -0.3 is 19.5 Å². The molecule has 0 radical (unpaired) electrons. The Balaban J connectivity index is 2.71. The summed E-state index contributed by atoms with van der Waals surface area (Å²) in [6.45, 7) is 3.77. The lowest BCUT2D eigenvalue weighted by molar-refractivity contribution is -0.129. The van der Waals surface area contributed by atoms with Crippen molar-refractivity contribution in [3.05, 3.63) is 30.4 Å². The van der Waals surface area contributed by atoms with Crippen LogP contribution in [0.2, 0.25) is 0 Å². The Hall–Kier alpha value is -3.03. The number of ether oxygens (including phenoxy) is 3. The summed E-state index contributed by atoms with van der Waals surface area (Å²) in [5, 5.41) is 6.30. The van der Waals surface area contributed by atoms with Crippen LogP contribution in [0.5, 0.6) is 17.2 Å². The third-order valence-electron chi connectivity index (χ3n) is 2.85. The Bertz CT molecular complexity index is 603. The van der Waals surface area contributed by atoms with Crippen molar-refractivity contribution in [2.45, 2.75) is 6.42 Å². The van der Waals surface area contributed by atoms with Crippen LogP contribution in [0.3, 0.4) is 0 Å². The molecule has 0 aromatic heterocycles. The molecule has 8 nitrogen and oxygen atoms in total. The van der Waals surface area contributed by atoms with Gasteiger partial charge in [-0.3, -0.25) is 9.59 Å². The van der Waals surface area contributed by atoms with Gasteiger partial charge >= 0.3 is 0 Å². The number of nitrogens with zero attached hydrogens (tertiary/aromatic N) is 1. The van der Waals surface area contributed by atoms with Gasteiger partial charge in [0.2, 0.25) is 17.6 Å². The maximum absolute atomic E-state index is 11.6. The van der Waals surface area contributed by atoms with Crippen molar-refractivity contribution < 1.29 is 23.8 Å². The highest BCUT2D eigenvalue weighted by atomic mass is 16.5. The van der Waals surface area contributed by atoms with Gasteiger partial charge in [-0.25, -0.2) is 5.43 Å². The monoisotopic (exact) mass is 335 g/mol. The molecule has 0 aliphatic rings. The van der Waals surface area contributed by atoms with E-state index in [-0.39, 0.29) is 6.42 Å². The van der Waals surface area contributed by atoms with E-state index in [0.29, 0.717) is 29.4 Å². The summed E-state index contributed by atoms with van der Waals surface area (Å²) >= 11 is 0. The fourth-order valence-electron chi connectivity index (χ4n) is 1.79. The van der Waals surface area contributed by atoms with Crippen molar-refractivity contribution in [2.24, 2.45) is 5.10 Å². The summed E-state index contributed by atoms with van der Waals surface area (Å²) < 4.78 is 15.7. The number of nitrogens with one attached hydrogen (secondary N) is 2. The molecule has 1 rings (SSSR count). The lowest BCUT2D eigenvalue weighted by Crippen LogP contribution is -2.29. The number of benzene rings is 1. The fourth-order valence-corrected chi connectivity index (χ4v) is 1.79. The van der Waals surface area contributed by atoms with E-state index in [4.69, 9.17) is 14.2 Å². The maximum Gasteiger partial charge on any atom is 0.249 e. The molecule has 0 heterocycles. The Morgan fingerprint density at radius 1 is 1.12 bits per heavy atom. The highest BCUT2D eigenvalue weighted by Gasteiger charge is 2.12. The van der Waals surface area contributed by atoms with Gasteiger partial charge in [0.15, 0.2) is 11.5 Å². The minimum absolute atomic E-state index is 0.306. The van der Waals surface area contributed by atoms with Crippen LogP contribution >= 0.6 is 0 Å². The molecule has 1 aromatic rings. The molecule has 0 atom stereocenters. The quantitative estimate of drug-likeness (QED) is 0.302. The van der Waals surface area contributed by atoms with Crippen LogP contribution < -0.4 is 25.0 Å². The topological polar surface area (TPSA) is 98.3 Å². The first-order chi connectivity index (χ1) is 11.5. The Morgan fingerprint density at radius 2 is 1.75 bits per heavy atom. The summed E-state index contributed by atoms with van der Waals surface area (Å²) in [5.41, 5.74) is 2.90. The Labute approximate surface area is 140 Å². The van der Waals surface area contributed by atoms with Crippen molar-refractivity contribution in [3.8, 4) is 17.2 Å². The second-order valence-electron chi connectivity index (χ2n) is 4.52. The first-order valence-corrected chi connectivity index (χ1v) is 7.05. The second-order valence-corrected chi connectivity index (χ2v) is 4.52. The molecule has 8 heteroatoms. The average Bonchev–Trinajstić information content (AvgIpc) is 2.58. The third-order valence-corrected chi connectivity index (χ3v) is 2.85. The van der Waals surface area contributed by atoms with Crippen molar-refractivity contribution >= 4 is 18.0 Å². The first-order valence-electron chi connectivity index (χ1n) is 7.05. The van der Waals surface area contributed by atoms with E-state index >= 15 is 0 Å². The van der Waals surface area contributed by atoms with Crippen LogP contribution in [0.4, 0.5) is 0 Å². The standard InChI is InChI=1S/C16H21N3O5/c1-5-6-17-14(20)9-15(21)19-18-10-11-7-12(22-2)16(24-4)13(8-11)23-3/h5,7-8,10H,1,6,9H2,2-4H3,(H,17,20)(H,19,21). The smallest absolute Gasteiger partial charge is 0.249 e. The average molecular weight is 335 g/mol. The van der Waals surface area contributed by atoms with Gasteiger partial charge in [0.25, 0.3) is 0 Å². The van der Waals surface area contributed by atoms with E-state index in [1.165, 1.54) is 33.6 Å². The van der Waals surface area contributed by atoms with Crippen molar-refractivity contribution in [1.82, 2.24) is 10.7 Å². The van der Waals surface area contributed by atoms with E-state index in [9.17, 15) is 9.59 Å². The maximum atomic E-state index is 11.6. The number of hydrogen-bond acceptors (Lipinski definition) is 6. The molecule has 0 spiro atoms. The van der Waals surface area contributed by atoms with Gasteiger partial charge in [-0.05, 0) is 12.1 Å². The lowest BCUT2D eigenvalue weighted by Gasteiger charge is -2.12. The molecule has 2 N–H and O–H groups in total. The van der Waals surface area contributed by atoms with Crippen LogP contribution in [0, 0.1) is 0 Å². The molecular formula is C16H21N3O5. The molecule has 0 aliphatic heterocycles. The molecule has 1 aromatic carbocycles. The molecule has 0 unspecified atom stereocenters. The number of carbonyl (C=O) groups is 2. The highest BCUT2D eigenvalue weighted by molar-refractivity contribution is 5.97. The molecule has 130 valence electrons. The van der Waals surface area contributed by atoms with Crippen LogP contribution in [0.25, 0.3) is 0 Å².